The third-order valence-corrected chi connectivity index (χ3v) is 4.65. The summed E-state index contributed by atoms with van der Waals surface area (Å²) in [5.41, 5.74) is 0.476. The van der Waals surface area contributed by atoms with Gasteiger partial charge in [-0.3, -0.25) is 4.55 Å². The molecule has 24 heavy (non-hydrogen) atoms. The third-order valence-electron chi connectivity index (χ3n) is 3.71. The maximum atomic E-state index is 11.7. The Labute approximate surface area is 142 Å². The summed E-state index contributed by atoms with van der Waals surface area (Å²) in [7, 11) is -4.32. The minimum absolute atomic E-state index is 0.115. The van der Waals surface area contributed by atoms with Crippen molar-refractivity contribution in [2.75, 3.05) is 0 Å². The van der Waals surface area contributed by atoms with Gasteiger partial charge in [0, 0.05) is 5.56 Å². The van der Waals surface area contributed by atoms with Crippen molar-refractivity contribution < 1.29 is 22.8 Å². The van der Waals surface area contributed by atoms with Crippen molar-refractivity contribution >= 4 is 10.1 Å². The van der Waals surface area contributed by atoms with Crippen molar-refractivity contribution in [2.45, 2.75) is 43.9 Å². The SMILES string of the molecule is CCCCCCc1c(Oc2ccc(O)cc2)cccc1S(=O)(=O)O. The van der Waals surface area contributed by atoms with E-state index in [9.17, 15) is 18.1 Å². The Morgan fingerprint density at radius 1 is 1.00 bits per heavy atom. The topological polar surface area (TPSA) is 83.8 Å². The lowest BCUT2D eigenvalue weighted by Gasteiger charge is -2.14. The van der Waals surface area contributed by atoms with Crippen LogP contribution in [0, 0.1) is 0 Å². The van der Waals surface area contributed by atoms with Gasteiger partial charge < -0.3 is 9.84 Å². The molecular weight excluding hydrogens is 328 g/mol. The minimum atomic E-state index is -4.32. The molecule has 6 heteroatoms. The number of rotatable bonds is 8. The maximum absolute atomic E-state index is 11.7. The molecule has 2 rings (SSSR count). The lowest BCUT2D eigenvalue weighted by molar-refractivity contribution is 0.456. The molecule has 5 nitrogen and oxygen atoms in total. The van der Waals surface area contributed by atoms with Gasteiger partial charge in [-0.05, 0) is 49.2 Å². The molecule has 0 aliphatic heterocycles. The van der Waals surface area contributed by atoms with Gasteiger partial charge in [0.05, 0.1) is 0 Å². The van der Waals surface area contributed by atoms with Crippen LogP contribution in [0.15, 0.2) is 47.4 Å². The summed E-state index contributed by atoms with van der Waals surface area (Å²) in [6.45, 7) is 2.10. The number of benzene rings is 2. The number of hydrogen-bond donors (Lipinski definition) is 2. The van der Waals surface area contributed by atoms with Crippen LogP contribution < -0.4 is 4.74 Å². The fourth-order valence-corrected chi connectivity index (χ4v) is 3.26. The van der Waals surface area contributed by atoms with Crippen molar-refractivity contribution in [1.29, 1.82) is 0 Å². The van der Waals surface area contributed by atoms with Gasteiger partial charge in [0.25, 0.3) is 10.1 Å². The molecule has 0 spiro atoms. The molecule has 2 aromatic rings. The molecule has 0 amide bonds. The molecule has 0 aliphatic carbocycles. The second kappa shape index (κ2) is 8.17. The van der Waals surface area contributed by atoms with E-state index in [0.717, 1.165) is 25.7 Å². The zero-order chi connectivity index (χ0) is 17.6. The number of aromatic hydroxyl groups is 1. The van der Waals surface area contributed by atoms with Crippen molar-refractivity contribution in [1.82, 2.24) is 0 Å². The minimum Gasteiger partial charge on any atom is -0.508 e. The first-order chi connectivity index (χ1) is 11.4. The Morgan fingerprint density at radius 2 is 1.71 bits per heavy atom. The second-order valence-electron chi connectivity index (χ2n) is 5.61. The van der Waals surface area contributed by atoms with Gasteiger partial charge in [-0.1, -0.05) is 32.3 Å². The molecule has 0 fully saturated rings. The van der Waals surface area contributed by atoms with Crippen molar-refractivity contribution in [3.63, 3.8) is 0 Å². The van der Waals surface area contributed by atoms with Gasteiger partial charge in [0.1, 0.15) is 22.1 Å². The number of hydrogen-bond acceptors (Lipinski definition) is 4. The summed E-state index contributed by atoms with van der Waals surface area (Å²) >= 11 is 0. The zero-order valence-corrected chi connectivity index (χ0v) is 14.4. The average molecular weight is 350 g/mol. The number of ether oxygens (including phenoxy) is 1. The Kier molecular flexibility index (Phi) is 6.23. The van der Waals surface area contributed by atoms with E-state index < -0.39 is 10.1 Å². The summed E-state index contributed by atoms with van der Waals surface area (Å²) in [6.07, 6.45) is 4.45. The van der Waals surface area contributed by atoms with Crippen molar-refractivity contribution in [3.05, 3.63) is 48.0 Å². The van der Waals surface area contributed by atoms with Crippen LogP contribution in [-0.2, 0) is 16.5 Å². The molecule has 2 aromatic carbocycles. The normalized spacial score (nSPS) is 11.4. The molecule has 0 saturated carbocycles. The standard InChI is InChI=1S/C18H22O5S/c1-2-3-4-5-7-16-17(8-6-9-18(16)24(20,21)22)23-15-12-10-14(19)11-13-15/h6,8-13,19H,2-5,7H2,1H3,(H,20,21,22). The van der Waals surface area contributed by atoms with Crippen LogP contribution >= 0.6 is 0 Å². The largest absolute Gasteiger partial charge is 0.508 e. The second-order valence-corrected chi connectivity index (χ2v) is 7.00. The van der Waals surface area contributed by atoms with Crippen LogP contribution in [0.4, 0.5) is 0 Å². The van der Waals surface area contributed by atoms with Crippen LogP contribution in [-0.4, -0.2) is 18.1 Å². The van der Waals surface area contributed by atoms with Gasteiger partial charge in [-0.25, -0.2) is 0 Å². The fraction of sp³-hybridized carbons (Fsp3) is 0.333. The molecule has 0 aromatic heterocycles. The predicted octanol–water partition coefficient (Wildman–Crippen LogP) is 4.55. The fourth-order valence-electron chi connectivity index (χ4n) is 2.50. The molecule has 0 heterocycles. The number of phenols is 1. The Morgan fingerprint density at radius 3 is 2.33 bits per heavy atom. The zero-order valence-electron chi connectivity index (χ0n) is 13.6. The lowest BCUT2D eigenvalue weighted by Crippen LogP contribution is -2.05. The third kappa shape index (κ3) is 4.97. The Hall–Kier alpha value is -2.05. The molecule has 0 unspecified atom stereocenters. The van der Waals surface area contributed by atoms with Gasteiger partial charge in [-0.2, -0.15) is 8.42 Å². The van der Waals surface area contributed by atoms with Crippen molar-refractivity contribution in [2.24, 2.45) is 0 Å². The van der Waals surface area contributed by atoms with E-state index in [0.29, 0.717) is 23.5 Å². The Balaban J connectivity index is 2.32. The van der Waals surface area contributed by atoms with E-state index in [1.54, 1.807) is 18.2 Å². The van der Waals surface area contributed by atoms with Crippen LogP contribution in [0.25, 0.3) is 0 Å². The highest BCUT2D eigenvalue weighted by molar-refractivity contribution is 7.85. The Bertz CT molecular complexity index is 766. The monoisotopic (exact) mass is 350 g/mol. The molecule has 0 bridgehead atoms. The lowest BCUT2D eigenvalue weighted by atomic mass is 10.1. The summed E-state index contributed by atoms with van der Waals surface area (Å²) in [5.74, 6) is 0.997. The quantitative estimate of drug-likeness (QED) is 0.539. The van der Waals surface area contributed by atoms with E-state index in [1.807, 2.05) is 0 Å². The molecule has 0 atom stereocenters. The van der Waals surface area contributed by atoms with Crippen LogP contribution in [0.5, 0.6) is 17.2 Å². The highest BCUT2D eigenvalue weighted by atomic mass is 32.2. The van der Waals surface area contributed by atoms with Crippen LogP contribution in [0.2, 0.25) is 0 Å². The first-order valence-electron chi connectivity index (χ1n) is 7.98. The van der Waals surface area contributed by atoms with Gasteiger partial charge in [-0.15, -0.1) is 0 Å². The summed E-state index contributed by atoms with van der Waals surface area (Å²) < 4.78 is 38.6. The van der Waals surface area contributed by atoms with Crippen LogP contribution in [0.3, 0.4) is 0 Å². The molecule has 0 radical (unpaired) electrons. The summed E-state index contributed by atoms with van der Waals surface area (Å²) in [4.78, 5) is -0.115. The van der Waals surface area contributed by atoms with E-state index in [-0.39, 0.29) is 10.6 Å². The van der Waals surface area contributed by atoms with E-state index in [4.69, 9.17) is 4.74 Å². The first-order valence-corrected chi connectivity index (χ1v) is 9.42. The molecule has 0 saturated heterocycles. The number of unbranched alkanes of at least 4 members (excludes halogenated alkanes) is 3. The highest BCUT2D eigenvalue weighted by Crippen LogP contribution is 2.32. The maximum Gasteiger partial charge on any atom is 0.294 e. The predicted molar refractivity (Wildman–Crippen MR) is 92.3 cm³/mol. The van der Waals surface area contributed by atoms with Gasteiger partial charge in [0.2, 0.25) is 0 Å². The molecule has 2 N–H and O–H groups in total. The molecule has 130 valence electrons. The molecule has 0 aliphatic rings. The highest BCUT2D eigenvalue weighted by Gasteiger charge is 2.19. The van der Waals surface area contributed by atoms with Gasteiger partial charge >= 0.3 is 0 Å². The first kappa shape index (κ1) is 18.3. The van der Waals surface area contributed by atoms with E-state index in [1.165, 1.54) is 24.3 Å². The van der Waals surface area contributed by atoms with E-state index in [2.05, 4.69) is 6.92 Å². The summed E-state index contributed by atoms with van der Waals surface area (Å²) in [5, 5.41) is 9.33. The van der Waals surface area contributed by atoms with Crippen molar-refractivity contribution in [3.8, 4) is 17.2 Å². The average Bonchev–Trinajstić information content (AvgIpc) is 2.53. The smallest absolute Gasteiger partial charge is 0.294 e. The van der Waals surface area contributed by atoms with Gasteiger partial charge in [0.15, 0.2) is 0 Å². The molecular formula is C18H22O5S. The summed E-state index contributed by atoms with van der Waals surface area (Å²) in [6, 6.07) is 10.8. The van der Waals surface area contributed by atoms with Crippen LogP contribution in [0.1, 0.15) is 38.2 Å². The number of phenolic OH excluding ortho intramolecular Hbond substituents is 1. The van der Waals surface area contributed by atoms with E-state index >= 15 is 0 Å².